The molecule has 3 rings (SSSR count). The Hall–Kier alpha value is -2.77. The first-order valence-electron chi connectivity index (χ1n) is 15.1. The van der Waals surface area contributed by atoms with Crippen LogP contribution in [0.5, 0.6) is 0 Å². The van der Waals surface area contributed by atoms with Crippen LogP contribution >= 0.6 is 0 Å². The molecule has 1 unspecified atom stereocenters. The van der Waals surface area contributed by atoms with Crippen molar-refractivity contribution in [2.75, 3.05) is 26.4 Å². The van der Waals surface area contributed by atoms with Gasteiger partial charge in [-0.05, 0) is 71.8 Å². The van der Waals surface area contributed by atoms with Crippen LogP contribution < -0.4 is 0 Å². The number of rotatable bonds is 17. The molecule has 3 N–H and O–H groups in total. The number of benzene rings is 2. The first-order valence-corrected chi connectivity index (χ1v) is 15.1. The Morgan fingerprint density at radius 1 is 0.902 bits per heavy atom. The van der Waals surface area contributed by atoms with Crippen molar-refractivity contribution in [2.45, 2.75) is 83.3 Å². The fourth-order valence-electron chi connectivity index (χ4n) is 5.55. The summed E-state index contributed by atoms with van der Waals surface area (Å²) < 4.78 is 10.7. The molecule has 1 aliphatic carbocycles. The van der Waals surface area contributed by atoms with Gasteiger partial charge in [-0.3, -0.25) is 0 Å². The molecule has 0 bridgehead atoms. The third-order valence-corrected chi connectivity index (χ3v) is 8.15. The van der Waals surface area contributed by atoms with E-state index in [1.165, 1.54) is 56.9 Å². The smallest absolute Gasteiger partial charge is 0.335 e. The highest BCUT2D eigenvalue weighted by molar-refractivity contribution is 5.87. The third-order valence-electron chi connectivity index (χ3n) is 8.15. The van der Waals surface area contributed by atoms with Crippen LogP contribution in [0.2, 0.25) is 0 Å². The summed E-state index contributed by atoms with van der Waals surface area (Å²) in [6, 6.07) is 15.2. The highest BCUT2D eigenvalue weighted by Gasteiger charge is 2.22. The zero-order chi connectivity index (χ0) is 29.6. The van der Waals surface area contributed by atoms with Crippen molar-refractivity contribution in [1.82, 2.24) is 0 Å². The number of esters is 1. The van der Waals surface area contributed by atoms with E-state index < -0.39 is 18.9 Å². The molecule has 0 heterocycles. The van der Waals surface area contributed by atoms with E-state index in [-0.39, 0.29) is 31.0 Å². The van der Waals surface area contributed by atoms with Crippen LogP contribution in [-0.2, 0) is 27.1 Å². The zero-order valence-electron chi connectivity index (χ0n) is 24.7. The second-order valence-corrected chi connectivity index (χ2v) is 11.3. The molecule has 2 aromatic carbocycles. The number of carbonyl (C=O) groups is 1. The first kappa shape index (κ1) is 32.7. The highest BCUT2D eigenvalue weighted by atomic mass is 16.6. The molecule has 1 saturated carbocycles. The van der Waals surface area contributed by atoms with Crippen LogP contribution in [-0.4, -0.2) is 54.0 Å². The van der Waals surface area contributed by atoms with Crippen molar-refractivity contribution in [2.24, 2.45) is 5.92 Å². The number of aliphatic hydroxyl groups is 3. The summed E-state index contributed by atoms with van der Waals surface area (Å²) in [5, 5.41) is 28.2. The van der Waals surface area contributed by atoms with E-state index in [2.05, 4.69) is 56.5 Å². The van der Waals surface area contributed by atoms with Gasteiger partial charge in [0.1, 0.15) is 0 Å². The van der Waals surface area contributed by atoms with E-state index in [4.69, 9.17) is 19.7 Å². The Balaban J connectivity index is 1.68. The van der Waals surface area contributed by atoms with E-state index in [1.54, 1.807) is 0 Å². The molecule has 0 spiro atoms. The molecule has 0 radical (unpaired) electrons. The standard InChI is InChI=1S/C35H48O6/c1-4-5-6-7-27-8-10-30(11-9-27)31-12-14-32(15-13-31)33-21-28(16-18-40-34(38)25(2)23-36)20-29(22-33)17-19-41-35(39)26(3)24-37/h12-15,20-22,27,30,34,36-38H,2-11,16-19,23-24H2,1H3. The Morgan fingerprint density at radius 2 is 1.56 bits per heavy atom. The topological polar surface area (TPSA) is 96.2 Å². The molecular formula is C35H48O6. The summed E-state index contributed by atoms with van der Waals surface area (Å²) in [7, 11) is 0. The summed E-state index contributed by atoms with van der Waals surface area (Å²) in [6.45, 7) is 9.05. The Labute approximate surface area is 245 Å². The van der Waals surface area contributed by atoms with E-state index in [0.717, 1.165) is 28.2 Å². The van der Waals surface area contributed by atoms with Crippen molar-refractivity contribution >= 4 is 5.97 Å². The van der Waals surface area contributed by atoms with Crippen molar-refractivity contribution in [3.8, 4) is 11.1 Å². The number of carbonyl (C=O) groups excluding carboxylic acids is 1. The van der Waals surface area contributed by atoms with Gasteiger partial charge in [0.05, 0.1) is 32.0 Å². The minimum Gasteiger partial charge on any atom is -0.462 e. The lowest BCUT2D eigenvalue weighted by Crippen LogP contribution is -2.18. The maximum atomic E-state index is 11.9. The molecule has 224 valence electrons. The number of ether oxygens (including phenoxy) is 2. The third kappa shape index (κ3) is 10.5. The number of aliphatic hydroxyl groups excluding tert-OH is 3. The summed E-state index contributed by atoms with van der Waals surface area (Å²) >= 11 is 0. The van der Waals surface area contributed by atoms with E-state index >= 15 is 0 Å². The van der Waals surface area contributed by atoms with Crippen molar-refractivity contribution < 1.29 is 29.6 Å². The Morgan fingerprint density at radius 3 is 2.17 bits per heavy atom. The Bertz CT molecular complexity index is 1110. The van der Waals surface area contributed by atoms with Crippen molar-refractivity contribution in [3.05, 3.63) is 83.5 Å². The number of unbranched alkanes of at least 4 members (excludes halogenated alkanes) is 2. The lowest BCUT2D eigenvalue weighted by Gasteiger charge is -2.29. The highest BCUT2D eigenvalue weighted by Crippen LogP contribution is 2.38. The van der Waals surface area contributed by atoms with E-state index in [0.29, 0.717) is 18.8 Å². The lowest BCUT2D eigenvalue weighted by molar-refractivity contribution is -0.139. The van der Waals surface area contributed by atoms with Gasteiger partial charge in [0.2, 0.25) is 0 Å². The van der Waals surface area contributed by atoms with Crippen LogP contribution in [0.25, 0.3) is 11.1 Å². The van der Waals surface area contributed by atoms with Gasteiger partial charge in [0.15, 0.2) is 6.29 Å². The van der Waals surface area contributed by atoms with E-state index in [9.17, 15) is 9.90 Å². The molecule has 1 atom stereocenters. The minimum atomic E-state index is -1.21. The maximum Gasteiger partial charge on any atom is 0.335 e. The number of hydrogen-bond acceptors (Lipinski definition) is 6. The minimum absolute atomic E-state index is 0.0321. The molecule has 0 saturated heterocycles. The van der Waals surface area contributed by atoms with Crippen molar-refractivity contribution in [1.29, 1.82) is 0 Å². The van der Waals surface area contributed by atoms with Crippen molar-refractivity contribution in [3.63, 3.8) is 0 Å². The maximum absolute atomic E-state index is 11.9. The van der Waals surface area contributed by atoms with Crippen LogP contribution in [0.4, 0.5) is 0 Å². The van der Waals surface area contributed by atoms with E-state index in [1.807, 2.05) is 6.07 Å². The van der Waals surface area contributed by atoms with Gasteiger partial charge in [-0.1, -0.05) is 88.2 Å². The molecule has 0 aromatic heterocycles. The molecule has 0 amide bonds. The second kappa shape index (κ2) is 17.2. The Kier molecular flexibility index (Phi) is 13.8. The molecule has 6 nitrogen and oxygen atoms in total. The normalized spacial score (nSPS) is 17.7. The predicted octanol–water partition coefficient (Wildman–Crippen LogP) is 6.27. The quantitative estimate of drug-likeness (QED) is 0.0689. The van der Waals surface area contributed by atoms with Gasteiger partial charge < -0.3 is 24.8 Å². The molecule has 6 heteroatoms. The monoisotopic (exact) mass is 564 g/mol. The summed E-state index contributed by atoms with van der Waals surface area (Å²) in [4.78, 5) is 11.9. The molecule has 0 aliphatic heterocycles. The fraction of sp³-hybridized carbons (Fsp3) is 0.514. The molecule has 1 fully saturated rings. The van der Waals surface area contributed by atoms with Crippen LogP contribution in [0.15, 0.2) is 66.8 Å². The average Bonchev–Trinajstić information content (AvgIpc) is 3.00. The number of hydrogen-bond donors (Lipinski definition) is 3. The SMILES string of the molecule is C=C(CO)C(=O)OCCc1cc(CCOC(O)C(=C)CO)cc(-c2ccc(C3CCC(CCCCC)CC3)cc2)c1. The molecule has 2 aromatic rings. The summed E-state index contributed by atoms with van der Waals surface area (Å²) in [6.07, 6.45) is 10.5. The molecule has 41 heavy (non-hydrogen) atoms. The zero-order valence-corrected chi connectivity index (χ0v) is 24.7. The largest absolute Gasteiger partial charge is 0.462 e. The molecule has 1 aliphatic rings. The fourth-order valence-corrected chi connectivity index (χ4v) is 5.55. The van der Waals surface area contributed by atoms with Gasteiger partial charge in [0.25, 0.3) is 0 Å². The predicted molar refractivity (Wildman–Crippen MR) is 163 cm³/mol. The average molecular weight is 565 g/mol. The van der Waals surface area contributed by atoms with Crippen LogP contribution in [0.1, 0.15) is 80.9 Å². The van der Waals surface area contributed by atoms with Gasteiger partial charge >= 0.3 is 5.97 Å². The van der Waals surface area contributed by atoms with Gasteiger partial charge in [-0.2, -0.15) is 0 Å². The summed E-state index contributed by atoms with van der Waals surface area (Å²) in [5.41, 5.74) is 5.88. The second-order valence-electron chi connectivity index (χ2n) is 11.3. The van der Waals surface area contributed by atoms with Gasteiger partial charge in [0, 0.05) is 12.0 Å². The van der Waals surface area contributed by atoms with Crippen LogP contribution in [0, 0.1) is 5.92 Å². The van der Waals surface area contributed by atoms with Crippen LogP contribution in [0.3, 0.4) is 0 Å². The summed E-state index contributed by atoms with van der Waals surface area (Å²) in [5.74, 6) is 0.931. The molecular weight excluding hydrogens is 516 g/mol. The van der Waals surface area contributed by atoms with Gasteiger partial charge in [-0.25, -0.2) is 4.79 Å². The van der Waals surface area contributed by atoms with Gasteiger partial charge in [-0.15, -0.1) is 0 Å². The first-order chi connectivity index (χ1) is 19.8. The lowest BCUT2D eigenvalue weighted by atomic mass is 9.77.